The van der Waals surface area contributed by atoms with Gasteiger partial charge in [0, 0.05) is 24.7 Å². The minimum absolute atomic E-state index is 0.325. The number of rotatable bonds is 4. The largest absolute Gasteiger partial charge is 0.348 e. The number of amides is 1. The maximum absolute atomic E-state index is 11.0. The predicted octanol–water partition coefficient (Wildman–Crippen LogP) is 2.08. The van der Waals surface area contributed by atoms with Gasteiger partial charge in [0.15, 0.2) is 5.82 Å². The van der Waals surface area contributed by atoms with Crippen LogP contribution in [0, 0.1) is 10.1 Å². The van der Waals surface area contributed by atoms with Crippen molar-refractivity contribution in [3.8, 4) is 0 Å². The molecule has 1 heterocycles. The monoisotopic (exact) mass is 295 g/mol. The van der Waals surface area contributed by atoms with E-state index in [9.17, 15) is 14.9 Å². The molecule has 1 fully saturated rings. The molecule has 6 nitrogen and oxygen atoms in total. The fraction of sp³-hybridized carbons (Fsp3) is 0.308. The van der Waals surface area contributed by atoms with Gasteiger partial charge in [0.1, 0.15) is 0 Å². The summed E-state index contributed by atoms with van der Waals surface area (Å²) in [7, 11) is 0. The third kappa shape index (κ3) is 3.48. The Morgan fingerprint density at radius 1 is 1.30 bits per heavy atom. The lowest BCUT2D eigenvalue weighted by Gasteiger charge is -2.35. The Labute approximate surface area is 121 Å². The van der Waals surface area contributed by atoms with Gasteiger partial charge < -0.3 is 4.90 Å². The zero-order valence-corrected chi connectivity index (χ0v) is 11.5. The molecular weight excluding hydrogens is 282 g/mol. The third-order valence-corrected chi connectivity index (χ3v) is 3.33. The van der Waals surface area contributed by atoms with Crippen molar-refractivity contribution < 1.29 is 9.72 Å². The summed E-state index contributed by atoms with van der Waals surface area (Å²) in [5, 5.41) is 11.4. The Bertz CT molecular complexity index is 530. The first-order valence-corrected chi connectivity index (χ1v) is 6.54. The van der Waals surface area contributed by atoms with Crippen LogP contribution < -0.4 is 0 Å². The molecule has 1 aromatic carbocycles. The van der Waals surface area contributed by atoms with Gasteiger partial charge >= 0.3 is 0 Å². The zero-order chi connectivity index (χ0) is 14.5. The van der Waals surface area contributed by atoms with Crippen LogP contribution in [0.4, 0.5) is 0 Å². The van der Waals surface area contributed by atoms with E-state index < -0.39 is 4.92 Å². The molecule has 1 aromatic rings. The van der Waals surface area contributed by atoms with Gasteiger partial charge in [-0.05, 0) is 24.1 Å². The maximum Gasteiger partial charge on any atom is 0.274 e. The molecule has 106 valence electrons. The van der Waals surface area contributed by atoms with Crippen molar-refractivity contribution in [2.45, 2.75) is 13.0 Å². The van der Waals surface area contributed by atoms with E-state index in [0.29, 0.717) is 36.9 Å². The first-order chi connectivity index (χ1) is 9.60. The molecule has 0 aromatic heterocycles. The molecule has 0 unspecified atom stereocenters. The molecule has 1 amide bonds. The number of benzene rings is 1. The molecule has 2 rings (SSSR count). The van der Waals surface area contributed by atoms with Crippen molar-refractivity contribution in [2.24, 2.45) is 0 Å². The van der Waals surface area contributed by atoms with E-state index >= 15 is 0 Å². The molecule has 20 heavy (non-hydrogen) atoms. The number of nitrogens with zero attached hydrogens (tertiary/aromatic N) is 3. The summed E-state index contributed by atoms with van der Waals surface area (Å²) in [6.45, 7) is 1.67. The van der Waals surface area contributed by atoms with Gasteiger partial charge in [-0.15, -0.1) is 0 Å². The Hall–Kier alpha value is -2.08. The van der Waals surface area contributed by atoms with Crippen molar-refractivity contribution in [3.05, 3.63) is 57.0 Å². The van der Waals surface area contributed by atoms with Crippen LogP contribution in [0.1, 0.15) is 12.0 Å². The average molecular weight is 296 g/mol. The van der Waals surface area contributed by atoms with Gasteiger partial charge in [0.25, 0.3) is 6.20 Å². The standard InChI is InChI=1S/C13H14ClN3O3/c14-12-4-2-11(3-5-12)8-15-6-1-7-16(10-18)13(15)9-17(19)20/h2-5,9-10H,1,6-8H2. The number of halogens is 1. The van der Waals surface area contributed by atoms with E-state index in [1.54, 1.807) is 12.1 Å². The van der Waals surface area contributed by atoms with E-state index in [4.69, 9.17) is 11.6 Å². The van der Waals surface area contributed by atoms with Crippen molar-refractivity contribution in [1.82, 2.24) is 9.80 Å². The highest BCUT2D eigenvalue weighted by Crippen LogP contribution is 2.20. The fourth-order valence-corrected chi connectivity index (χ4v) is 2.30. The smallest absolute Gasteiger partial charge is 0.274 e. The highest BCUT2D eigenvalue weighted by molar-refractivity contribution is 6.30. The SMILES string of the molecule is O=CN1CCCN(Cc2ccc(Cl)cc2)C1=C[N+](=O)[O-]. The first-order valence-electron chi connectivity index (χ1n) is 6.17. The molecule has 0 N–H and O–H groups in total. The Balaban J connectivity index is 2.20. The number of hydrogen-bond donors (Lipinski definition) is 0. The molecular formula is C13H14ClN3O3. The number of carbonyl (C=O) groups is 1. The summed E-state index contributed by atoms with van der Waals surface area (Å²) in [5.41, 5.74) is 0.983. The minimum atomic E-state index is -0.536. The van der Waals surface area contributed by atoms with Crippen LogP contribution in [0.3, 0.4) is 0 Å². The number of carbonyl (C=O) groups excluding carboxylic acids is 1. The molecule has 0 bridgehead atoms. The summed E-state index contributed by atoms with van der Waals surface area (Å²) in [6.07, 6.45) is 2.29. The van der Waals surface area contributed by atoms with E-state index in [-0.39, 0.29) is 0 Å². The van der Waals surface area contributed by atoms with Crippen LogP contribution >= 0.6 is 11.6 Å². The second-order valence-corrected chi connectivity index (χ2v) is 4.91. The highest BCUT2D eigenvalue weighted by atomic mass is 35.5. The molecule has 7 heteroatoms. The van der Waals surface area contributed by atoms with Crippen LogP contribution in [0.25, 0.3) is 0 Å². The Kier molecular flexibility index (Phi) is 4.57. The van der Waals surface area contributed by atoms with Crippen molar-refractivity contribution in [3.63, 3.8) is 0 Å². The second-order valence-electron chi connectivity index (χ2n) is 4.47. The van der Waals surface area contributed by atoms with Crippen LogP contribution in [0.5, 0.6) is 0 Å². The van der Waals surface area contributed by atoms with Gasteiger partial charge in [-0.3, -0.25) is 19.8 Å². The highest BCUT2D eigenvalue weighted by Gasteiger charge is 2.24. The molecule has 1 aliphatic heterocycles. The summed E-state index contributed by atoms with van der Waals surface area (Å²) >= 11 is 5.83. The zero-order valence-electron chi connectivity index (χ0n) is 10.7. The number of hydrogen-bond acceptors (Lipinski definition) is 4. The van der Waals surface area contributed by atoms with E-state index in [2.05, 4.69) is 0 Å². The molecule has 1 saturated heterocycles. The average Bonchev–Trinajstić information content (AvgIpc) is 2.42. The van der Waals surface area contributed by atoms with Crippen LogP contribution in [0.15, 0.2) is 36.3 Å². The van der Waals surface area contributed by atoms with Crippen molar-refractivity contribution in [2.75, 3.05) is 13.1 Å². The van der Waals surface area contributed by atoms with Crippen LogP contribution in [0.2, 0.25) is 5.02 Å². The molecule has 0 spiro atoms. The molecule has 1 aliphatic rings. The molecule has 0 saturated carbocycles. The van der Waals surface area contributed by atoms with E-state index in [1.807, 2.05) is 17.0 Å². The van der Waals surface area contributed by atoms with Crippen molar-refractivity contribution in [1.29, 1.82) is 0 Å². The molecule has 0 aliphatic carbocycles. The number of nitro groups is 1. The predicted molar refractivity (Wildman–Crippen MR) is 74.3 cm³/mol. The summed E-state index contributed by atoms with van der Waals surface area (Å²) in [6, 6.07) is 7.28. The van der Waals surface area contributed by atoms with E-state index in [0.717, 1.165) is 18.2 Å². The van der Waals surface area contributed by atoms with Crippen LogP contribution in [-0.4, -0.2) is 34.2 Å². The van der Waals surface area contributed by atoms with Crippen LogP contribution in [-0.2, 0) is 11.3 Å². The summed E-state index contributed by atoms with van der Waals surface area (Å²) in [4.78, 5) is 24.4. The van der Waals surface area contributed by atoms with Gasteiger partial charge in [0.2, 0.25) is 6.41 Å². The topological polar surface area (TPSA) is 66.7 Å². The van der Waals surface area contributed by atoms with Gasteiger partial charge in [-0.25, -0.2) is 0 Å². The van der Waals surface area contributed by atoms with Gasteiger partial charge in [-0.1, -0.05) is 23.7 Å². The lowest BCUT2D eigenvalue weighted by atomic mass is 10.2. The quantitative estimate of drug-likeness (QED) is 0.484. The minimum Gasteiger partial charge on any atom is -0.348 e. The van der Waals surface area contributed by atoms with Gasteiger partial charge in [0.05, 0.1) is 4.92 Å². The third-order valence-electron chi connectivity index (χ3n) is 3.08. The first kappa shape index (κ1) is 14.3. The lowest BCUT2D eigenvalue weighted by Crippen LogP contribution is -2.41. The summed E-state index contributed by atoms with van der Waals surface area (Å²) < 4.78 is 0. The lowest BCUT2D eigenvalue weighted by molar-refractivity contribution is -0.405. The molecule has 0 radical (unpaired) electrons. The Morgan fingerprint density at radius 3 is 2.60 bits per heavy atom. The summed E-state index contributed by atoms with van der Waals surface area (Å²) in [5.74, 6) is 0.325. The maximum atomic E-state index is 11.0. The fourth-order valence-electron chi connectivity index (χ4n) is 2.17. The van der Waals surface area contributed by atoms with Crippen molar-refractivity contribution >= 4 is 18.0 Å². The Morgan fingerprint density at radius 2 is 2.00 bits per heavy atom. The normalized spacial score (nSPS) is 17.4. The van der Waals surface area contributed by atoms with E-state index in [1.165, 1.54) is 4.90 Å². The molecule has 0 atom stereocenters. The van der Waals surface area contributed by atoms with Gasteiger partial charge in [-0.2, -0.15) is 0 Å². The second kappa shape index (κ2) is 6.38.